The largest absolute Gasteiger partial charge is 0.494 e. The van der Waals surface area contributed by atoms with Crippen molar-refractivity contribution in [3.8, 4) is 5.75 Å². The monoisotopic (exact) mass is 332 g/mol. The molecule has 1 amide bonds. The van der Waals surface area contributed by atoms with Crippen molar-refractivity contribution in [2.24, 2.45) is 0 Å². The second kappa shape index (κ2) is 8.56. The van der Waals surface area contributed by atoms with Crippen molar-refractivity contribution in [2.75, 3.05) is 25.5 Å². The van der Waals surface area contributed by atoms with Crippen LogP contribution in [-0.4, -0.2) is 31.0 Å². The van der Waals surface area contributed by atoms with E-state index in [2.05, 4.69) is 5.32 Å². The van der Waals surface area contributed by atoms with Crippen LogP contribution in [0, 0.1) is 0 Å². The number of benzene rings is 2. The quantitative estimate of drug-likeness (QED) is 0.838. The molecular weight excluding hydrogens is 312 g/mol. The molecular formula is C18H21ClN2O2. The summed E-state index contributed by atoms with van der Waals surface area (Å²) >= 11 is 5.97. The number of likely N-dealkylation sites (N-methyl/N-ethyl adjacent to an activating group) is 1. The van der Waals surface area contributed by atoms with E-state index in [9.17, 15) is 4.79 Å². The van der Waals surface area contributed by atoms with Gasteiger partial charge in [-0.1, -0.05) is 23.7 Å². The smallest absolute Gasteiger partial charge is 0.238 e. The van der Waals surface area contributed by atoms with Crippen LogP contribution < -0.4 is 10.1 Å². The normalized spacial score (nSPS) is 10.6. The fourth-order valence-electron chi connectivity index (χ4n) is 2.25. The first kappa shape index (κ1) is 17.3. The molecule has 0 radical (unpaired) electrons. The Labute approximate surface area is 142 Å². The van der Waals surface area contributed by atoms with Crippen molar-refractivity contribution >= 4 is 23.2 Å². The summed E-state index contributed by atoms with van der Waals surface area (Å²) in [6.45, 7) is 3.53. The maximum Gasteiger partial charge on any atom is 0.238 e. The number of carbonyl (C=O) groups excluding carboxylic acids is 1. The Morgan fingerprint density at radius 2 is 1.96 bits per heavy atom. The number of hydrogen-bond donors (Lipinski definition) is 1. The Morgan fingerprint density at radius 1 is 1.22 bits per heavy atom. The van der Waals surface area contributed by atoms with Gasteiger partial charge in [-0.2, -0.15) is 0 Å². The third-order valence-electron chi connectivity index (χ3n) is 3.20. The van der Waals surface area contributed by atoms with Crippen molar-refractivity contribution in [1.82, 2.24) is 4.90 Å². The predicted molar refractivity (Wildman–Crippen MR) is 94.0 cm³/mol. The first-order valence-electron chi connectivity index (χ1n) is 7.52. The predicted octanol–water partition coefficient (Wildman–Crippen LogP) is 3.81. The minimum absolute atomic E-state index is 0.0568. The number of anilines is 1. The molecule has 0 saturated carbocycles. The molecule has 0 aliphatic rings. The molecule has 2 aromatic rings. The lowest BCUT2D eigenvalue weighted by Gasteiger charge is -2.16. The van der Waals surface area contributed by atoms with Crippen molar-refractivity contribution in [2.45, 2.75) is 13.5 Å². The SMILES string of the molecule is CCOc1ccc(NC(=O)CN(C)Cc2cccc(Cl)c2)cc1. The summed E-state index contributed by atoms with van der Waals surface area (Å²) in [6.07, 6.45) is 0. The second-order valence-electron chi connectivity index (χ2n) is 5.31. The van der Waals surface area contributed by atoms with E-state index in [4.69, 9.17) is 16.3 Å². The third-order valence-corrected chi connectivity index (χ3v) is 3.44. The molecule has 4 nitrogen and oxygen atoms in total. The summed E-state index contributed by atoms with van der Waals surface area (Å²) in [7, 11) is 1.90. The molecule has 0 heterocycles. The molecule has 23 heavy (non-hydrogen) atoms. The molecule has 5 heteroatoms. The fraction of sp³-hybridized carbons (Fsp3) is 0.278. The van der Waals surface area contributed by atoms with Gasteiger partial charge in [0.2, 0.25) is 5.91 Å². The van der Waals surface area contributed by atoms with Crippen LogP contribution in [0.3, 0.4) is 0 Å². The number of amides is 1. The summed E-state index contributed by atoms with van der Waals surface area (Å²) in [6, 6.07) is 15.0. The summed E-state index contributed by atoms with van der Waals surface area (Å²) < 4.78 is 5.37. The highest BCUT2D eigenvalue weighted by Gasteiger charge is 2.08. The van der Waals surface area contributed by atoms with Gasteiger partial charge in [0.05, 0.1) is 13.2 Å². The topological polar surface area (TPSA) is 41.6 Å². The molecule has 0 fully saturated rings. The molecule has 0 spiro atoms. The van der Waals surface area contributed by atoms with Gasteiger partial charge in [-0.25, -0.2) is 0 Å². The zero-order valence-electron chi connectivity index (χ0n) is 13.4. The number of halogens is 1. The number of rotatable bonds is 7. The summed E-state index contributed by atoms with van der Waals surface area (Å²) in [4.78, 5) is 14.0. The Kier molecular flexibility index (Phi) is 6.44. The van der Waals surface area contributed by atoms with Gasteiger partial charge in [-0.05, 0) is 55.9 Å². The highest BCUT2D eigenvalue weighted by molar-refractivity contribution is 6.30. The Hall–Kier alpha value is -2.04. The van der Waals surface area contributed by atoms with E-state index in [1.165, 1.54) is 0 Å². The fourth-order valence-corrected chi connectivity index (χ4v) is 2.46. The highest BCUT2D eigenvalue weighted by atomic mass is 35.5. The first-order chi connectivity index (χ1) is 11.1. The van der Waals surface area contributed by atoms with E-state index < -0.39 is 0 Å². The Bertz CT molecular complexity index is 644. The van der Waals surface area contributed by atoms with Gasteiger partial charge in [0.25, 0.3) is 0 Å². The molecule has 0 aromatic heterocycles. The van der Waals surface area contributed by atoms with Crippen LogP contribution in [-0.2, 0) is 11.3 Å². The first-order valence-corrected chi connectivity index (χ1v) is 7.90. The molecule has 0 bridgehead atoms. The standard InChI is InChI=1S/C18H21ClN2O2/c1-3-23-17-9-7-16(8-10-17)20-18(22)13-21(2)12-14-5-4-6-15(19)11-14/h4-11H,3,12-13H2,1-2H3,(H,20,22). The molecule has 2 aromatic carbocycles. The molecule has 2 rings (SSSR count). The van der Waals surface area contributed by atoms with Crippen LogP contribution in [0.15, 0.2) is 48.5 Å². The highest BCUT2D eigenvalue weighted by Crippen LogP contribution is 2.16. The lowest BCUT2D eigenvalue weighted by Crippen LogP contribution is -2.29. The van der Waals surface area contributed by atoms with Crippen LogP contribution in [0.4, 0.5) is 5.69 Å². The Balaban J connectivity index is 1.83. The van der Waals surface area contributed by atoms with Crippen molar-refractivity contribution in [1.29, 1.82) is 0 Å². The van der Waals surface area contributed by atoms with Crippen LogP contribution in [0.5, 0.6) is 5.75 Å². The van der Waals surface area contributed by atoms with Crippen LogP contribution in [0.1, 0.15) is 12.5 Å². The van der Waals surface area contributed by atoms with Crippen molar-refractivity contribution < 1.29 is 9.53 Å². The molecule has 122 valence electrons. The molecule has 0 aliphatic heterocycles. The van der Waals surface area contributed by atoms with Gasteiger partial charge in [-0.15, -0.1) is 0 Å². The van der Waals surface area contributed by atoms with Gasteiger partial charge in [0, 0.05) is 17.3 Å². The summed E-state index contributed by atoms with van der Waals surface area (Å²) in [5, 5.41) is 3.58. The summed E-state index contributed by atoms with van der Waals surface area (Å²) in [5.74, 6) is 0.738. The zero-order chi connectivity index (χ0) is 16.7. The van der Waals surface area contributed by atoms with Crippen LogP contribution in [0.2, 0.25) is 5.02 Å². The lowest BCUT2D eigenvalue weighted by atomic mass is 10.2. The third kappa shape index (κ3) is 5.93. The maximum atomic E-state index is 12.1. The van der Waals surface area contributed by atoms with Gasteiger partial charge < -0.3 is 10.1 Å². The van der Waals surface area contributed by atoms with Crippen molar-refractivity contribution in [3.63, 3.8) is 0 Å². The minimum Gasteiger partial charge on any atom is -0.494 e. The molecule has 0 aliphatic carbocycles. The van der Waals surface area contributed by atoms with E-state index >= 15 is 0 Å². The zero-order valence-corrected chi connectivity index (χ0v) is 14.1. The molecule has 1 N–H and O–H groups in total. The van der Waals surface area contributed by atoms with Gasteiger partial charge in [0.15, 0.2) is 0 Å². The number of nitrogens with one attached hydrogen (secondary N) is 1. The van der Waals surface area contributed by atoms with E-state index in [0.29, 0.717) is 24.7 Å². The molecule has 0 saturated heterocycles. The van der Waals surface area contributed by atoms with E-state index in [1.54, 1.807) is 0 Å². The average Bonchev–Trinajstić information content (AvgIpc) is 2.49. The van der Waals surface area contributed by atoms with E-state index in [0.717, 1.165) is 17.0 Å². The molecule has 0 atom stereocenters. The number of carbonyl (C=O) groups is 1. The van der Waals surface area contributed by atoms with E-state index in [1.807, 2.05) is 67.4 Å². The average molecular weight is 333 g/mol. The summed E-state index contributed by atoms with van der Waals surface area (Å²) in [5.41, 5.74) is 1.84. The minimum atomic E-state index is -0.0568. The Morgan fingerprint density at radius 3 is 2.61 bits per heavy atom. The lowest BCUT2D eigenvalue weighted by molar-refractivity contribution is -0.117. The van der Waals surface area contributed by atoms with E-state index in [-0.39, 0.29) is 5.91 Å². The van der Waals surface area contributed by atoms with Crippen LogP contribution in [0.25, 0.3) is 0 Å². The number of nitrogens with zero attached hydrogens (tertiary/aromatic N) is 1. The van der Waals surface area contributed by atoms with Crippen molar-refractivity contribution in [3.05, 3.63) is 59.1 Å². The van der Waals surface area contributed by atoms with Crippen LogP contribution >= 0.6 is 11.6 Å². The second-order valence-corrected chi connectivity index (χ2v) is 5.74. The maximum absolute atomic E-state index is 12.1. The van der Waals surface area contributed by atoms with Gasteiger partial charge in [0.1, 0.15) is 5.75 Å². The number of ether oxygens (including phenoxy) is 1. The van der Waals surface area contributed by atoms with Gasteiger partial charge in [-0.3, -0.25) is 9.69 Å². The molecule has 0 unspecified atom stereocenters. The number of hydrogen-bond acceptors (Lipinski definition) is 3. The van der Waals surface area contributed by atoms with Gasteiger partial charge >= 0.3 is 0 Å².